The Morgan fingerprint density at radius 2 is 1.93 bits per heavy atom. The molecule has 0 radical (unpaired) electrons. The molecule has 0 bridgehead atoms. The first-order valence-corrected chi connectivity index (χ1v) is 5.06. The number of ether oxygens (including phenoxy) is 1. The van der Waals surface area contributed by atoms with Crippen LogP contribution in [0.15, 0.2) is 11.6 Å². The molecule has 0 aromatic rings. The first kappa shape index (κ1) is 13.2. The largest absolute Gasteiger partial charge is 0.468 e. The van der Waals surface area contributed by atoms with Gasteiger partial charge in [-0.1, -0.05) is 19.9 Å². The van der Waals surface area contributed by atoms with Crippen LogP contribution in [0.5, 0.6) is 0 Å². The van der Waals surface area contributed by atoms with Crippen LogP contribution in [-0.2, 0) is 9.53 Å². The van der Waals surface area contributed by atoms with Crippen molar-refractivity contribution in [2.45, 2.75) is 33.7 Å². The van der Waals surface area contributed by atoms with Gasteiger partial charge in [-0.3, -0.25) is 9.69 Å². The fraction of sp³-hybridized carbons (Fsp3) is 0.727. The number of hydrogen-bond acceptors (Lipinski definition) is 3. The molecule has 3 heteroatoms. The third kappa shape index (κ3) is 3.14. The molecule has 0 aliphatic carbocycles. The second-order valence-corrected chi connectivity index (χ2v) is 3.18. The Labute approximate surface area is 86.7 Å². The lowest BCUT2D eigenvalue weighted by Gasteiger charge is -2.27. The molecule has 0 N–H and O–H groups in total. The predicted octanol–water partition coefficient (Wildman–Crippen LogP) is 1.84. The van der Waals surface area contributed by atoms with E-state index < -0.39 is 0 Å². The molecule has 0 saturated carbocycles. The second kappa shape index (κ2) is 6.60. The van der Waals surface area contributed by atoms with E-state index in [1.807, 2.05) is 33.8 Å². The summed E-state index contributed by atoms with van der Waals surface area (Å²) < 4.78 is 4.80. The topological polar surface area (TPSA) is 29.5 Å². The average Bonchev–Trinajstić information content (AvgIpc) is 2.23. The quantitative estimate of drug-likeness (QED) is 0.500. The summed E-state index contributed by atoms with van der Waals surface area (Å²) >= 11 is 0. The van der Waals surface area contributed by atoms with E-state index >= 15 is 0 Å². The molecule has 0 spiro atoms. The molecule has 3 nitrogen and oxygen atoms in total. The average molecular weight is 199 g/mol. The molecule has 0 amide bonds. The van der Waals surface area contributed by atoms with E-state index in [-0.39, 0.29) is 12.0 Å². The van der Waals surface area contributed by atoms with E-state index in [1.54, 1.807) is 0 Å². The van der Waals surface area contributed by atoms with Crippen LogP contribution in [0.25, 0.3) is 0 Å². The Bertz CT molecular complexity index is 207. The van der Waals surface area contributed by atoms with Gasteiger partial charge in [0.1, 0.15) is 6.04 Å². The molecule has 0 fully saturated rings. The molecular weight excluding hydrogens is 178 g/mol. The Morgan fingerprint density at radius 1 is 1.43 bits per heavy atom. The van der Waals surface area contributed by atoms with E-state index in [1.165, 1.54) is 7.11 Å². The molecule has 0 saturated heterocycles. The van der Waals surface area contributed by atoms with Crippen molar-refractivity contribution < 1.29 is 9.53 Å². The Kier molecular flexibility index (Phi) is 6.21. The predicted molar refractivity (Wildman–Crippen MR) is 58.2 cm³/mol. The summed E-state index contributed by atoms with van der Waals surface area (Å²) in [5.74, 6) is -0.177. The lowest BCUT2D eigenvalue weighted by molar-refractivity contribution is -0.145. The zero-order valence-electron chi connectivity index (χ0n) is 9.83. The third-order valence-corrected chi connectivity index (χ3v) is 2.49. The number of allylic oxidation sites excluding steroid dienone is 1. The SMILES string of the molecule is CC=C(C)C(C(=O)OC)N(CC)CC. The standard InChI is InChI=1S/C11H21NO2/c1-6-9(4)10(11(13)14-5)12(7-2)8-3/h6,10H,7-8H2,1-5H3. The fourth-order valence-electron chi connectivity index (χ4n) is 1.48. The molecular formula is C11H21NO2. The number of hydrogen-bond donors (Lipinski definition) is 0. The van der Waals surface area contributed by atoms with Crippen molar-refractivity contribution in [3.05, 3.63) is 11.6 Å². The van der Waals surface area contributed by atoms with Crippen molar-refractivity contribution in [1.29, 1.82) is 0 Å². The van der Waals surface area contributed by atoms with Gasteiger partial charge in [-0.05, 0) is 32.5 Å². The molecule has 0 aromatic heterocycles. The summed E-state index contributed by atoms with van der Waals surface area (Å²) in [7, 11) is 1.43. The van der Waals surface area contributed by atoms with Crippen molar-refractivity contribution in [1.82, 2.24) is 4.90 Å². The number of rotatable bonds is 5. The van der Waals surface area contributed by atoms with Crippen LogP contribution >= 0.6 is 0 Å². The smallest absolute Gasteiger partial charge is 0.327 e. The van der Waals surface area contributed by atoms with Gasteiger partial charge in [-0.25, -0.2) is 0 Å². The van der Waals surface area contributed by atoms with Crippen LogP contribution in [0.3, 0.4) is 0 Å². The molecule has 82 valence electrons. The van der Waals surface area contributed by atoms with E-state index in [4.69, 9.17) is 4.74 Å². The van der Waals surface area contributed by atoms with Gasteiger partial charge in [-0.2, -0.15) is 0 Å². The van der Waals surface area contributed by atoms with Crippen molar-refractivity contribution in [3.63, 3.8) is 0 Å². The Balaban J connectivity index is 4.79. The Morgan fingerprint density at radius 3 is 2.21 bits per heavy atom. The lowest BCUT2D eigenvalue weighted by atomic mass is 10.1. The van der Waals surface area contributed by atoms with E-state index in [0.29, 0.717) is 0 Å². The zero-order chi connectivity index (χ0) is 11.1. The van der Waals surface area contributed by atoms with E-state index in [0.717, 1.165) is 18.7 Å². The van der Waals surface area contributed by atoms with Crippen molar-refractivity contribution in [3.8, 4) is 0 Å². The van der Waals surface area contributed by atoms with Crippen molar-refractivity contribution in [2.24, 2.45) is 0 Å². The van der Waals surface area contributed by atoms with Crippen LogP contribution in [0.4, 0.5) is 0 Å². The van der Waals surface area contributed by atoms with Gasteiger partial charge in [0.25, 0.3) is 0 Å². The molecule has 0 aliphatic rings. The van der Waals surface area contributed by atoms with Gasteiger partial charge in [0.15, 0.2) is 0 Å². The maximum Gasteiger partial charge on any atom is 0.327 e. The number of carbonyl (C=O) groups excluding carboxylic acids is 1. The number of esters is 1. The molecule has 14 heavy (non-hydrogen) atoms. The summed E-state index contributed by atoms with van der Waals surface area (Å²) in [4.78, 5) is 13.7. The van der Waals surface area contributed by atoms with E-state index in [9.17, 15) is 4.79 Å². The number of nitrogens with zero attached hydrogens (tertiary/aromatic N) is 1. The van der Waals surface area contributed by atoms with E-state index in [2.05, 4.69) is 4.90 Å². The van der Waals surface area contributed by atoms with Crippen molar-refractivity contribution in [2.75, 3.05) is 20.2 Å². The van der Waals surface area contributed by atoms with Gasteiger partial charge in [0, 0.05) is 0 Å². The highest BCUT2D eigenvalue weighted by Crippen LogP contribution is 2.11. The van der Waals surface area contributed by atoms with Crippen LogP contribution in [0, 0.1) is 0 Å². The molecule has 0 aromatic carbocycles. The van der Waals surface area contributed by atoms with Gasteiger partial charge in [0.05, 0.1) is 7.11 Å². The third-order valence-electron chi connectivity index (χ3n) is 2.49. The first-order chi connectivity index (χ1) is 6.62. The molecule has 1 atom stereocenters. The molecule has 0 rings (SSSR count). The zero-order valence-corrected chi connectivity index (χ0v) is 9.83. The number of likely N-dealkylation sites (N-methyl/N-ethyl adjacent to an activating group) is 1. The maximum atomic E-state index is 11.6. The minimum Gasteiger partial charge on any atom is -0.468 e. The van der Waals surface area contributed by atoms with Gasteiger partial charge in [-0.15, -0.1) is 0 Å². The monoisotopic (exact) mass is 199 g/mol. The maximum absolute atomic E-state index is 11.6. The highest BCUT2D eigenvalue weighted by molar-refractivity contribution is 5.79. The second-order valence-electron chi connectivity index (χ2n) is 3.18. The van der Waals surface area contributed by atoms with Crippen LogP contribution in [0.1, 0.15) is 27.7 Å². The number of methoxy groups -OCH3 is 1. The minimum atomic E-state index is -0.222. The lowest BCUT2D eigenvalue weighted by Crippen LogP contribution is -2.42. The van der Waals surface area contributed by atoms with Crippen molar-refractivity contribution >= 4 is 5.97 Å². The van der Waals surface area contributed by atoms with Crippen LogP contribution in [-0.4, -0.2) is 37.1 Å². The van der Waals surface area contributed by atoms with Crippen LogP contribution < -0.4 is 0 Å². The summed E-state index contributed by atoms with van der Waals surface area (Å²) in [6.45, 7) is 9.68. The van der Waals surface area contributed by atoms with Gasteiger partial charge >= 0.3 is 5.97 Å². The van der Waals surface area contributed by atoms with Gasteiger partial charge < -0.3 is 4.74 Å². The highest BCUT2D eigenvalue weighted by atomic mass is 16.5. The molecule has 0 aliphatic heterocycles. The number of carbonyl (C=O) groups is 1. The first-order valence-electron chi connectivity index (χ1n) is 5.06. The summed E-state index contributed by atoms with van der Waals surface area (Å²) in [5.41, 5.74) is 1.04. The van der Waals surface area contributed by atoms with Crippen LogP contribution in [0.2, 0.25) is 0 Å². The Hall–Kier alpha value is -0.830. The fourth-order valence-corrected chi connectivity index (χ4v) is 1.48. The summed E-state index contributed by atoms with van der Waals surface area (Å²) in [6, 6.07) is -0.222. The highest BCUT2D eigenvalue weighted by Gasteiger charge is 2.25. The summed E-state index contributed by atoms with van der Waals surface area (Å²) in [5, 5.41) is 0. The molecule has 1 unspecified atom stereocenters. The normalized spacial score (nSPS) is 14.3. The van der Waals surface area contributed by atoms with Gasteiger partial charge in [0.2, 0.25) is 0 Å². The molecule has 0 heterocycles. The summed E-state index contributed by atoms with van der Waals surface area (Å²) in [6.07, 6.45) is 1.96. The minimum absolute atomic E-state index is 0.177.